The molecule has 24 heavy (non-hydrogen) atoms. The van der Waals surface area contributed by atoms with Gasteiger partial charge in [-0.2, -0.15) is 39.5 Å². The number of rotatable bonds is 2. The van der Waals surface area contributed by atoms with Gasteiger partial charge in [0.25, 0.3) is 0 Å². The van der Waals surface area contributed by atoms with Crippen LogP contribution in [0.5, 0.6) is 0 Å². The Hall–Kier alpha value is -1.36. The summed E-state index contributed by atoms with van der Waals surface area (Å²) >= 11 is 0. The zero-order chi connectivity index (χ0) is 19.0. The van der Waals surface area contributed by atoms with E-state index in [-0.39, 0.29) is 5.32 Å². The molecular weight excluding hydrogens is 359 g/mol. The zero-order valence-electron chi connectivity index (χ0n) is 12.4. The Morgan fingerprint density at radius 1 is 0.833 bits per heavy atom. The summed E-state index contributed by atoms with van der Waals surface area (Å²) in [6.45, 7) is 0. The Labute approximate surface area is 131 Å². The lowest BCUT2D eigenvalue weighted by Gasteiger charge is -2.41. The minimum absolute atomic E-state index is 0.159. The Morgan fingerprint density at radius 2 is 1.21 bits per heavy atom. The molecule has 3 nitrogen and oxygen atoms in total. The summed E-state index contributed by atoms with van der Waals surface area (Å²) in [5.74, 6) is 0. The first-order valence-electron chi connectivity index (χ1n) is 6.90. The fourth-order valence-electron chi connectivity index (χ4n) is 2.58. The highest BCUT2D eigenvalue weighted by Gasteiger charge is 2.85. The summed E-state index contributed by atoms with van der Waals surface area (Å²) in [5, 5.41) is 0.159. The van der Waals surface area contributed by atoms with E-state index >= 15 is 0 Å². The van der Waals surface area contributed by atoms with Gasteiger partial charge in [-0.05, 0) is 12.8 Å². The van der Waals surface area contributed by atoms with Crippen molar-refractivity contribution in [3.8, 4) is 0 Å². The van der Waals surface area contributed by atoms with Crippen LogP contribution in [0.15, 0.2) is 0 Å². The molecule has 0 spiro atoms. The molecule has 0 unspecified atom stereocenters. The van der Waals surface area contributed by atoms with Crippen molar-refractivity contribution in [1.82, 2.24) is 10.2 Å². The van der Waals surface area contributed by atoms with Crippen LogP contribution in [0.25, 0.3) is 0 Å². The van der Waals surface area contributed by atoms with Crippen LogP contribution in [0.4, 0.5) is 44.3 Å². The van der Waals surface area contributed by atoms with Gasteiger partial charge in [0, 0.05) is 13.1 Å². The lowest BCUT2D eigenvalue weighted by atomic mass is 9.94. The predicted octanol–water partition coefficient (Wildman–Crippen LogP) is 4.39. The van der Waals surface area contributed by atoms with E-state index in [2.05, 4.69) is 0 Å². The van der Waals surface area contributed by atoms with Gasteiger partial charge in [-0.25, -0.2) is 4.79 Å². The third kappa shape index (κ3) is 3.66. The molecule has 2 amide bonds. The van der Waals surface area contributed by atoms with E-state index in [9.17, 15) is 44.3 Å². The first-order chi connectivity index (χ1) is 10.6. The molecule has 142 valence electrons. The second-order valence-electron chi connectivity index (χ2n) is 5.58. The third-order valence-corrected chi connectivity index (χ3v) is 4.01. The molecule has 0 aliphatic heterocycles. The van der Waals surface area contributed by atoms with E-state index in [1.807, 2.05) is 0 Å². The Kier molecular flexibility index (Phi) is 5.61. The quantitative estimate of drug-likeness (QED) is 0.715. The summed E-state index contributed by atoms with van der Waals surface area (Å²) in [6, 6.07) is -2.79. The molecule has 1 aliphatic carbocycles. The van der Waals surface area contributed by atoms with Crippen molar-refractivity contribution >= 4 is 6.03 Å². The smallest absolute Gasteiger partial charge is 0.325 e. The van der Waals surface area contributed by atoms with Crippen LogP contribution in [0.1, 0.15) is 32.1 Å². The minimum Gasteiger partial charge on any atom is -0.325 e. The second-order valence-corrected chi connectivity index (χ2v) is 5.58. The van der Waals surface area contributed by atoms with Crippen LogP contribution in [-0.4, -0.2) is 48.1 Å². The molecule has 1 aliphatic rings. The molecule has 0 saturated heterocycles. The average Bonchev–Trinajstić information content (AvgIpc) is 2.40. The van der Waals surface area contributed by atoms with Crippen molar-refractivity contribution in [2.24, 2.45) is 0 Å². The highest BCUT2D eigenvalue weighted by Crippen LogP contribution is 2.52. The second kappa shape index (κ2) is 6.51. The fraction of sp³-hybridized carbons (Fsp3) is 0.917. The van der Waals surface area contributed by atoms with E-state index in [1.54, 1.807) is 0 Å². The van der Waals surface area contributed by atoms with Gasteiger partial charge in [0.15, 0.2) is 0 Å². The SMILES string of the molecule is CN(C(=O)NC(C(F)(F)F)(C(F)(F)F)C(F)(F)F)C1CCCCC1. The number of amides is 2. The van der Waals surface area contributed by atoms with Gasteiger partial charge in [-0.15, -0.1) is 0 Å². The number of hydrogen-bond donors (Lipinski definition) is 1. The molecule has 0 aromatic heterocycles. The first-order valence-corrected chi connectivity index (χ1v) is 6.90. The number of alkyl halides is 9. The van der Waals surface area contributed by atoms with E-state index in [0.717, 1.165) is 13.5 Å². The van der Waals surface area contributed by atoms with Gasteiger partial charge >= 0.3 is 30.1 Å². The van der Waals surface area contributed by atoms with Crippen molar-refractivity contribution in [2.45, 2.75) is 62.2 Å². The molecule has 0 heterocycles. The number of nitrogens with one attached hydrogen (secondary N) is 1. The maximum absolute atomic E-state index is 12.8. The number of carbonyl (C=O) groups excluding carboxylic acids is 1. The van der Waals surface area contributed by atoms with Gasteiger partial charge in [0.05, 0.1) is 0 Å². The molecule has 1 N–H and O–H groups in total. The summed E-state index contributed by atoms with van der Waals surface area (Å²) in [5.41, 5.74) is -6.33. The molecule has 1 fully saturated rings. The molecule has 1 saturated carbocycles. The Morgan fingerprint density at radius 3 is 1.54 bits per heavy atom. The average molecular weight is 374 g/mol. The number of carbonyl (C=O) groups is 1. The first kappa shape index (κ1) is 20.7. The molecule has 0 atom stereocenters. The van der Waals surface area contributed by atoms with Crippen LogP contribution in [-0.2, 0) is 0 Å². The van der Waals surface area contributed by atoms with Gasteiger partial charge in [-0.3, -0.25) is 0 Å². The molecular formula is C12H15F9N2O. The van der Waals surface area contributed by atoms with Crippen molar-refractivity contribution in [3.05, 3.63) is 0 Å². The number of nitrogens with zero attached hydrogens (tertiary/aromatic N) is 1. The summed E-state index contributed by atoms with van der Waals surface area (Å²) in [6.07, 6.45) is -17.9. The fourth-order valence-corrected chi connectivity index (χ4v) is 2.58. The van der Waals surface area contributed by atoms with Gasteiger partial charge in [0.2, 0.25) is 0 Å². The van der Waals surface area contributed by atoms with Gasteiger partial charge in [-0.1, -0.05) is 19.3 Å². The zero-order valence-corrected chi connectivity index (χ0v) is 12.4. The van der Waals surface area contributed by atoms with Gasteiger partial charge in [0.1, 0.15) is 0 Å². The van der Waals surface area contributed by atoms with E-state index in [4.69, 9.17) is 0 Å². The maximum atomic E-state index is 12.8. The van der Waals surface area contributed by atoms with E-state index in [1.165, 1.54) is 0 Å². The Balaban J connectivity index is 3.19. The minimum atomic E-state index is -6.81. The maximum Gasteiger partial charge on any atom is 0.429 e. The van der Waals surface area contributed by atoms with Crippen LogP contribution in [0, 0.1) is 0 Å². The molecule has 0 bridgehead atoms. The number of urea groups is 1. The number of halogens is 9. The molecule has 0 aromatic rings. The normalized spacial score (nSPS) is 18.4. The molecule has 1 rings (SSSR count). The Bertz CT molecular complexity index is 413. The van der Waals surface area contributed by atoms with Gasteiger partial charge < -0.3 is 10.2 Å². The summed E-state index contributed by atoms with van der Waals surface area (Å²) in [7, 11) is 0.874. The van der Waals surface area contributed by atoms with E-state index < -0.39 is 36.1 Å². The van der Waals surface area contributed by atoms with Crippen LogP contribution < -0.4 is 5.32 Å². The topological polar surface area (TPSA) is 32.3 Å². The van der Waals surface area contributed by atoms with Crippen LogP contribution in [0.2, 0.25) is 0 Å². The van der Waals surface area contributed by atoms with Crippen molar-refractivity contribution in [1.29, 1.82) is 0 Å². The predicted molar refractivity (Wildman–Crippen MR) is 64.1 cm³/mol. The molecule has 12 heteroatoms. The lowest BCUT2D eigenvalue weighted by molar-refractivity contribution is -0.386. The number of hydrogen-bond acceptors (Lipinski definition) is 1. The molecule has 0 radical (unpaired) electrons. The van der Waals surface area contributed by atoms with Crippen LogP contribution in [0.3, 0.4) is 0 Å². The standard InChI is InChI=1S/C12H15F9N2O/c1-23(7-5-3-2-4-6-7)8(24)22-9(10(13,14)15,11(16,17)18)12(19,20)21/h7H,2-6H2,1H3,(H,22,24). The summed E-state index contributed by atoms with van der Waals surface area (Å²) in [4.78, 5) is 12.2. The monoisotopic (exact) mass is 374 g/mol. The highest BCUT2D eigenvalue weighted by molar-refractivity contribution is 5.75. The van der Waals surface area contributed by atoms with E-state index in [0.29, 0.717) is 30.6 Å². The highest BCUT2D eigenvalue weighted by atomic mass is 19.4. The molecule has 0 aromatic carbocycles. The van der Waals surface area contributed by atoms with Crippen molar-refractivity contribution < 1.29 is 44.3 Å². The van der Waals surface area contributed by atoms with Crippen LogP contribution >= 0.6 is 0 Å². The largest absolute Gasteiger partial charge is 0.429 e. The summed E-state index contributed by atoms with van der Waals surface area (Å²) < 4.78 is 115. The van der Waals surface area contributed by atoms with Crippen molar-refractivity contribution in [3.63, 3.8) is 0 Å². The third-order valence-electron chi connectivity index (χ3n) is 4.01. The lowest BCUT2D eigenvalue weighted by Crippen LogP contribution is -2.76. The van der Waals surface area contributed by atoms with Crippen molar-refractivity contribution in [2.75, 3.05) is 7.05 Å².